The summed E-state index contributed by atoms with van der Waals surface area (Å²) in [5.74, 6) is 1.06. The standard InChI is InChI=1S/C12H14N6O2/c19-18(20)11-6-13-4-3-10(11)17-5-1-2-9(7-17)12-14-8-15-16-12/h3-4,6,8-9H,1-2,5,7H2,(H,14,15,16). The van der Waals surface area contributed by atoms with Crippen molar-refractivity contribution in [3.05, 3.63) is 40.7 Å². The number of rotatable bonds is 3. The number of nitrogens with zero attached hydrogens (tertiary/aromatic N) is 5. The SMILES string of the molecule is O=[N+]([O-])c1cnccc1N1CCCC(c2ncn[nH]2)C1. The lowest BCUT2D eigenvalue weighted by Crippen LogP contribution is -2.35. The lowest BCUT2D eigenvalue weighted by atomic mass is 9.97. The molecular formula is C12H14N6O2. The van der Waals surface area contributed by atoms with Crippen molar-refractivity contribution < 1.29 is 4.92 Å². The number of nitrogens with one attached hydrogen (secondary N) is 1. The van der Waals surface area contributed by atoms with E-state index in [4.69, 9.17) is 0 Å². The molecule has 0 spiro atoms. The topological polar surface area (TPSA) is 101 Å². The molecule has 1 atom stereocenters. The molecule has 8 nitrogen and oxygen atoms in total. The van der Waals surface area contributed by atoms with Crippen LogP contribution in [0.1, 0.15) is 24.6 Å². The Morgan fingerprint density at radius 3 is 3.15 bits per heavy atom. The number of nitro groups is 1. The van der Waals surface area contributed by atoms with Gasteiger partial charge in [-0.1, -0.05) is 0 Å². The summed E-state index contributed by atoms with van der Waals surface area (Å²) >= 11 is 0. The molecule has 1 fully saturated rings. The first-order chi connectivity index (χ1) is 9.75. The lowest BCUT2D eigenvalue weighted by Gasteiger charge is -2.32. The fraction of sp³-hybridized carbons (Fsp3) is 0.417. The minimum Gasteiger partial charge on any atom is -0.365 e. The molecule has 20 heavy (non-hydrogen) atoms. The van der Waals surface area contributed by atoms with Gasteiger partial charge in [0.05, 0.1) is 4.92 Å². The van der Waals surface area contributed by atoms with E-state index < -0.39 is 0 Å². The Hall–Kier alpha value is -2.51. The predicted molar refractivity (Wildman–Crippen MR) is 71.5 cm³/mol. The summed E-state index contributed by atoms with van der Waals surface area (Å²) in [7, 11) is 0. The van der Waals surface area contributed by atoms with Gasteiger partial charge in [-0.05, 0) is 18.9 Å². The molecule has 0 saturated carbocycles. The van der Waals surface area contributed by atoms with Crippen LogP contribution in [-0.2, 0) is 0 Å². The van der Waals surface area contributed by atoms with Gasteiger partial charge in [0.25, 0.3) is 0 Å². The van der Waals surface area contributed by atoms with E-state index in [9.17, 15) is 10.1 Å². The Kier molecular flexibility index (Phi) is 3.28. The summed E-state index contributed by atoms with van der Waals surface area (Å²) in [4.78, 5) is 20.7. The van der Waals surface area contributed by atoms with E-state index in [-0.39, 0.29) is 16.5 Å². The second kappa shape index (κ2) is 5.24. The highest BCUT2D eigenvalue weighted by atomic mass is 16.6. The molecule has 0 bridgehead atoms. The van der Waals surface area contributed by atoms with E-state index in [0.29, 0.717) is 12.2 Å². The summed E-state index contributed by atoms with van der Waals surface area (Å²) < 4.78 is 0. The largest absolute Gasteiger partial charge is 0.365 e. The van der Waals surface area contributed by atoms with Crippen LogP contribution in [0.5, 0.6) is 0 Å². The molecule has 8 heteroatoms. The monoisotopic (exact) mass is 274 g/mol. The second-order valence-electron chi connectivity index (χ2n) is 4.78. The number of hydrogen-bond donors (Lipinski definition) is 1. The van der Waals surface area contributed by atoms with E-state index in [1.165, 1.54) is 12.5 Å². The van der Waals surface area contributed by atoms with Gasteiger partial charge in [0.1, 0.15) is 24.0 Å². The number of hydrogen-bond acceptors (Lipinski definition) is 6. The van der Waals surface area contributed by atoms with Crippen LogP contribution in [-0.4, -0.2) is 38.2 Å². The van der Waals surface area contributed by atoms with Crippen LogP contribution in [0.2, 0.25) is 0 Å². The van der Waals surface area contributed by atoms with E-state index >= 15 is 0 Å². The van der Waals surface area contributed by atoms with Crippen molar-refractivity contribution in [1.29, 1.82) is 0 Å². The molecule has 1 aliphatic heterocycles. The molecule has 0 aliphatic carbocycles. The van der Waals surface area contributed by atoms with Crippen LogP contribution in [0.25, 0.3) is 0 Å². The molecule has 0 aromatic carbocycles. The number of piperidine rings is 1. The second-order valence-corrected chi connectivity index (χ2v) is 4.78. The fourth-order valence-electron chi connectivity index (χ4n) is 2.62. The minimum absolute atomic E-state index is 0.0470. The summed E-state index contributed by atoms with van der Waals surface area (Å²) in [5.41, 5.74) is 0.667. The van der Waals surface area contributed by atoms with Crippen LogP contribution in [0, 0.1) is 10.1 Å². The van der Waals surface area contributed by atoms with Gasteiger partial charge < -0.3 is 4.90 Å². The maximum Gasteiger partial charge on any atom is 0.310 e. The van der Waals surface area contributed by atoms with Gasteiger partial charge in [-0.3, -0.25) is 20.2 Å². The van der Waals surface area contributed by atoms with Gasteiger partial charge in [0.15, 0.2) is 0 Å². The first-order valence-corrected chi connectivity index (χ1v) is 6.44. The number of pyridine rings is 1. The van der Waals surface area contributed by atoms with Crippen LogP contribution in [0.3, 0.4) is 0 Å². The Morgan fingerprint density at radius 2 is 2.40 bits per heavy atom. The van der Waals surface area contributed by atoms with Gasteiger partial charge >= 0.3 is 5.69 Å². The molecule has 104 valence electrons. The molecular weight excluding hydrogens is 260 g/mol. The van der Waals surface area contributed by atoms with Crippen molar-refractivity contribution in [3.63, 3.8) is 0 Å². The number of aromatic amines is 1. The van der Waals surface area contributed by atoms with E-state index in [1.807, 2.05) is 4.90 Å². The molecule has 2 aromatic rings. The van der Waals surface area contributed by atoms with Crippen LogP contribution in [0.15, 0.2) is 24.8 Å². The average Bonchev–Trinajstić information content (AvgIpc) is 3.01. The van der Waals surface area contributed by atoms with Gasteiger partial charge in [-0.25, -0.2) is 4.98 Å². The number of anilines is 1. The molecule has 2 aromatic heterocycles. The van der Waals surface area contributed by atoms with Crippen LogP contribution < -0.4 is 4.90 Å². The maximum absolute atomic E-state index is 11.1. The van der Waals surface area contributed by atoms with E-state index in [0.717, 1.165) is 25.2 Å². The third-order valence-electron chi connectivity index (χ3n) is 3.56. The van der Waals surface area contributed by atoms with Crippen molar-refractivity contribution >= 4 is 11.4 Å². The van der Waals surface area contributed by atoms with E-state index in [1.54, 1.807) is 12.3 Å². The van der Waals surface area contributed by atoms with Crippen molar-refractivity contribution in [2.75, 3.05) is 18.0 Å². The summed E-state index contributed by atoms with van der Waals surface area (Å²) in [6.45, 7) is 1.50. The molecule has 3 heterocycles. The van der Waals surface area contributed by atoms with Crippen molar-refractivity contribution in [2.45, 2.75) is 18.8 Å². The van der Waals surface area contributed by atoms with Crippen molar-refractivity contribution in [2.24, 2.45) is 0 Å². The summed E-state index contributed by atoms with van der Waals surface area (Å²) in [6, 6.07) is 1.70. The van der Waals surface area contributed by atoms with E-state index in [2.05, 4.69) is 20.2 Å². The molecule has 1 unspecified atom stereocenters. The predicted octanol–water partition coefficient (Wildman–Crippen LogP) is 1.49. The van der Waals surface area contributed by atoms with Crippen LogP contribution in [0.4, 0.5) is 11.4 Å². The zero-order valence-electron chi connectivity index (χ0n) is 10.8. The molecule has 0 amide bonds. The first kappa shape index (κ1) is 12.5. The highest BCUT2D eigenvalue weighted by molar-refractivity contribution is 5.62. The Labute approximate surface area is 115 Å². The third-order valence-corrected chi connectivity index (χ3v) is 3.56. The highest BCUT2D eigenvalue weighted by Crippen LogP contribution is 2.32. The van der Waals surface area contributed by atoms with Gasteiger partial charge in [-0.2, -0.15) is 5.10 Å². The van der Waals surface area contributed by atoms with Gasteiger partial charge in [0.2, 0.25) is 0 Å². The fourth-order valence-corrected chi connectivity index (χ4v) is 2.62. The zero-order valence-corrected chi connectivity index (χ0v) is 10.8. The Morgan fingerprint density at radius 1 is 1.50 bits per heavy atom. The molecule has 0 radical (unpaired) electrons. The number of H-pyrrole nitrogens is 1. The maximum atomic E-state index is 11.1. The molecule has 3 rings (SSSR count). The quantitative estimate of drug-likeness (QED) is 0.672. The smallest absolute Gasteiger partial charge is 0.310 e. The highest BCUT2D eigenvalue weighted by Gasteiger charge is 2.27. The van der Waals surface area contributed by atoms with Gasteiger partial charge in [0, 0.05) is 25.2 Å². The summed E-state index contributed by atoms with van der Waals surface area (Å²) in [6.07, 6.45) is 6.34. The summed E-state index contributed by atoms with van der Waals surface area (Å²) in [5, 5.41) is 17.8. The zero-order chi connectivity index (χ0) is 13.9. The lowest BCUT2D eigenvalue weighted by molar-refractivity contribution is -0.384. The number of aromatic nitrogens is 4. The van der Waals surface area contributed by atoms with Crippen molar-refractivity contribution in [3.8, 4) is 0 Å². The molecule has 1 saturated heterocycles. The normalized spacial score (nSPS) is 19.0. The Balaban J connectivity index is 1.86. The molecule has 1 N–H and O–H groups in total. The third kappa shape index (κ3) is 2.31. The average molecular weight is 274 g/mol. The first-order valence-electron chi connectivity index (χ1n) is 6.44. The minimum atomic E-state index is -0.388. The molecule has 1 aliphatic rings. The Bertz CT molecular complexity index is 600. The van der Waals surface area contributed by atoms with Gasteiger partial charge in [-0.15, -0.1) is 0 Å². The van der Waals surface area contributed by atoms with Crippen molar-refractivity contribution in [1.82, 2.24) is 20.2 Å². The van der Waals surface area contributed by atoms with Crippen LogP contribution >= 0.6 is 0 Å².